The van der Waals surface area contributed by atoms with Crippen molar-refractivity contribution in [2.75, 3.05) is 13.2 Å². The lowest BCUT2D eigenvalue weighted by molar-refractivity contribution is 0.274. The molecule has 1 atom stereocenters. The van der Waals surface area contributed by atoms with E-state index >= 15 is 0 Å². The second kappa shape index (κ2) is 4.87. The molecule has 3 heterocycles. The van der Waals surface area contributed by atoms with Crippen LogP contribution in [-0.4, -0.2) is 23.1 Å². The zero-order valence-corrected chi connectivity index (χ0v) is 11.3. The van der Waals surface area contributed by atoms with Gasteiger partial charge in [0.25, 0.3) is 0 Å². The van der Waals surface area contributed by atoms with Crippen molar-refractivity contribution in [2.24, 2.45) is 0 Å². The minimum atomic E-state index is 0.264. The first-order chi connectivity index (χ1) is 9.92. The SMILES string of the molecule is c1ccc2c(c1)OCCC2c1ncc2c(n1)CCNC2. The number of hydrogen-bond acceptors (Lipinski definition) is 4. The fourth-order valence-corrected chi connectivity index (χ4v) is 3.03. The molecule has 4 rings (SSSR count). The first-order valence-electron chi connectivity index (χ1n) is 7.19. The summed E-state index contributed by atoms with van der Waals surface area (Å²) < 4.78 is 5.72. The van der Waals surface area contributed by atoms with Gasteiger partial charge in [0.05, 0.1) is 12.5 Å². The van der Waals surface area contributed by atoms with E-state index < -0.39 is 0 Å². The van der Waals surface area contributed by atoms with Crippen LogP contribution in [0, 0.1) is 0 Å². The first-order valence-corrected chi connectivity index (χ1v) is 7.19. The summed E-state index contributed by atoms with van der Waals surface area (Å²) in [5.41, 5.74) is 3.66. The lowest BCUT2D eigenvalue weighted by atomic mass is 9.92. The third kappa shape index (κ3) is 1.96. The van der Waals surface area contributed by atoms with Crippen LogP contribution in [0.2, 0.25) is 0 Å². The largest absolute Gasteiger partial charge is 0.493 e. The van der Waals surface area contributed by atoms with Gasteiger partial charge in [0.15, 0.2) is 0 Å². The normalized spacial score (nSPS) is 20.7. The summed E-state index contributed by atoms with van der Waals surface area (Å²) in [6, 6.07) is 8.23. The molecule has 0 spiro atoms. The van der Waals surface area contributed by atoms with Crippen LogP contribution in [0.15, 0.2) is 30.5 Å². The van der Waals surface area contributed by atoms with Gasteiger partial charge in [-0.2, -0.15) is 0 Å². The van der Waals surface area contributed by atoms with Crippen LogP contribution >= 0.6 is 0 Å². The Bertz CT molecular complexity index is 641. The highest BCUT2D eigenvalue weighted by atomic mass is 16.5. The van der Waals surface area contributed by atoms with E-state index in [9.17, 15) is 0 Å². The van der Waals surface area contributed by atoms with Crippen LogP contribution in [-0.2, 0) is 13.0 Å². The van der Waals surface area contributed by atoms with E-state index in [1.165, 1.54) is 16.8 Å². The molecule has 2 aliphatic rings. The zero-order valence-electron chi connectivity index (χ0n) is 11.3. The topological polar surface area (TPSA) is 47.0 Å². The van der Waals surface area contributed by atoms with E-state index in [-0.39, 0.29) is 5.92 Å². The smallest absolute Gasteiger partial charge is 0.136 e. The Morgan fingerprint density at radius 3 is 3.20 bits per heavy atom. The number of para-hydroxylation sites is 1. The summed E-state index contributed by atoms with van der Waals surface area (Å²) in [5.74, 6) is 2.19. The van der Waals surface area contributed by atoms with Gasteiger partial charge in [0.2, 0.25) is 0 Å². The number of hydrogen-bond donors (Lipinski definition) is 1. The van der Waals surface area contributed by atoms with E-state index in [2.05, 4.69) is 22.4 Å². The maximum atomic E-state index is 5.72. The van der Waals surface area contributed by atoms with Crippen molar-refractivity contribution in [1.29, 1.82) is 0 Å². The van der Waals surface area contributed by atoms with Crippen molar-refractivity contribution >= 4 is 0 Å². The summed E-state index contributed by atoms with van der Waals surface area (Å²) in [6.07, 6.45) is 3.94. The summed E-state index contributed by atoms with van der Waals surface area (Å²) in [4.78, 5) is 9.44. The minimum Gasteiger partial charge on any atom is -0.493 e. The number of rotatable bonds is 1. The van der Waals surface area contributed by atoms with Gasteiger partial charge in [-0.15, -0.1) is 0 Å². The molecule has 4 heteroatoms. The van der Waals surface area contributed by atoms with Crippen molar-refractivity contribution in [3.05, 3.63) is 53.1 Å². The Balaban J connectivity index is 1.75. The molecular formula is C16H17N3O. The summed E-state index contributed by atoms with van der Waals surface area (Å²) >= 11 is 0. The molecule has 1 aromatic carbocycles. The maximum Gasteiger partial charge on any atom is 0.136 e. The Morgan fingerprint density at radius 1 is 1.25 bits per heavy atom. The Morgan fingerprint density at radius 2 is 2.20 bits per heavy atom. The average Bonchev–Trinajstić information content (AvgIpc) is 2.54. The van der Waals surface area contributed by atoms with Gasteiger partial charge in [0, 0.05) is 42.5 Å². The number of aromatic nitrogens is 2. The molecule has 0 radical (unpaired) electrons. The summed E-state index contributed by atoms with van der Waals surface area (Å²) in [5, 5.41) is 3.36. The quantitative estimate of drug-likeness (QED) is 0.859. The molecule has 0 amide bonds. The van der Waals surface area contributed by atoms with Crippen molar-refractivity contribution in [1.82, 2.24) is 15.3 Å². The van der Waals surface area contributed by atoms with E-state index in [0.717, 1.165) is 44.1 Å². The summed E-state index contributed by atoms with van der Waals surface area (Å²) in [7, 11) is 0. The predicted molar refractivity (Wildman–Crippen MR) is 75.8 cm³/mol. The highest BCUT2D eigenvalue weighted by Crippen LogP contribution is 2.36. The Labute approximate surface area is 118 Å². The fourth-order valence-electron chi connectivity index (χ4n) is 3.03. The van der Waals surface area contributed by atoms with Crippen LogP contribution in [0.1, 0.15) is 35.0 Å². The monoisotopic (exact) mass is 267 g/mol. The van der Waals surface area contributed by atoms with Gasteiger partial charge >= 0.3 is 0 Å². The van der Waals surface area contributed by atoms with Crippen LogP contribution in [0.25, 0.3) is 0 Å². The van der Waals surface area contributed by atoms with E-state index in [0.29, 0.717) is 0 Å². The van der Waals surface area contributed by atoms with E-state index in [1.807, 2.05) is 18.3 Å². The molecule has 0 saturated heterocycles. The molecule has 20 heavy (non-hydrogen) atoms. The lowest BCUT2D eigenvalue weighted by Crippen LogP contribution is -2.26. The fraction of sp³-hybridized carbons (Fsp3) is 0.375. The second-order valence-corrected chi connectivity index (χ2v) is 5.35. The van der Waals surface area contributed by atoms with Gasteiger partial charge in [-0.3, -0.25) is 0 Å². The molecule has 2 aliphatic heterocycles. The Hall–Kier alpha value is -1.94. The highest BCUT2D eigenvalue weighted by molar-refractivity contribution is 5.41. The van der Waals surface area contributed by atoms with Crippen molar-refractivity contribution < 1.29 is 4.74 Å². The average molecular weight is 267 g/mol. The molecule has 0 aliphatic carbocycles. The molecule has 1 N–H and O–H groups in total. The first kappa shape index (κ1) is 11.9. The number of ether oxygens (including phenoxy) is 1. The van der Waals surface area contributed by atoms with Crippen molar-refractivity contribution in [3.63, 3.8) is 0 Å². The van der Waals surface area contributed by atoms with E-state index in [4.69, 9.17) is 9.72 Å². The van der Waals surface area contributed by atoms with E-state index in [1.54, 1.807) is 0 Å². The highest BCUT2D eigenvalue weighted by Gasteiger charge is 2.25. The van der Waals surface area contributed by atoms with Gasteiger partial charge in [-0.25, -0.2) is 9.97 Å². The van der Waals surface area contributed by atoms with Gasteiger partial charge < -0.3 is 10.1 Å². The lowest BCUT2D eigenvalue weighted by Gasteiger charge is -2.26. The molecule has 4 nitrogen and oxygen atoms in total. The standard InChI is InChI=1S/C16H17N3O/c1-2-4-15-12(3-1)13(6-8-20-15)16-18-10-11-9-17-7-5-14(11)19-16/h1-4,10,13,17H,5-9H2. The number of nitrogens with zero attached hydrogens (tertiary/aromatic N) is 2. The van der Waals surface area contributed by atoms with Crippen molar-refractivity contribution in [3.8, 4) is 5.75 Å². The Kier molecular flexibility index (Phi) is 2.89. The third-order valence-electron chi connectivity index (χ3n) is 4.10. The van der Waals surface area contributed by atoms with Crippen molar-refractivity contribution in [2.45, 2.75) is 25.3 Å². The molecule has 1 aromatic heterocycles. The van der Waals surface area contributed by atoms with Gasteiger partial charge in [-0.1, -0.05) is 18.2 Å². The predicted octanol–water partition coefficient (Wildman–Crippen LogP) is 2.04. The van der Waals surface area contributed by atoms with Crippen LogP contribution in [0.5, 0.6) is 5.75 Å². The number of nitrogens with one attached hydrogen (secondary N) is 1. The maximum absolute atomic E-state index is 5.72. The minimum absolute atomic E-state index is 0.264. The molecule has 0 bridgehead atoms. The second-order valence-electron chi connectivity index (χ2n) is 5.35. The zero-order chi connectivity index (χ0) is 13.4. The van der Waals surface area contributed by atoms with Gasteiger partial charge in [-0.05, 0) is 12.5 Å². The molecular weight excluding hydrogens is 250 g/mol. The van der Waals surface area contributed by atoms with Crippen LogP contribution in [0.4, 0.5) is 0 Å². The van der Waals surface area contributed by atoms with Gasteiger partial charge in [0.1, 0.15) is 11.6 Å². The molecule has 102 valence electrons. The van der Waals surface area contributed by atoms with Crippen LogP contribution < -0.4 is 10.1 Å². The molecule has 1 unspecified atom stereocenters. The summed E-state index contributed by atoms with van der Waals surface area (Å²) in [6.45, 7) is 2.64. The third-order valence-corrected chi connectivity index (χ3v) is 4.10. The molecule has 0 fully saturated rings. The molecule has 2 aromatic rings. The molecule has 0 saturated carbocycles. The van der Waals surface area contributed by atoms with Crippen LogP contribution in [0.3, 0.4) is 0 Å². The number of benzene rings is 1. The number of fused-ring (bicyclic) bond motifs is 2.